The van der Waals surface area contributed by atoms with Gasteiger partial charge in [-0.2, -0.15) is 0 Å². The lowest BCUT2D eigenvalue weighted by Gasteiger charge is -2.25. The first kappa shape index (κ1) is 8.97. The van der Waals surface area contributed by atoms with Crippen molar-refractivity contribution in [3.8, 4) is 0 Å². The van der Waals surface area contributed by atoms with E-state index < -0.39 is 0 Å². The van der Waals surface area contributed by atoms with Gasteiger partial charge in [-0.1, -0.05) is 0 Å². The van der Waals surface area contributed by atoms with Gasteiger partial charge in [-0.15, -0.1) is 0 Å². The molecule has 4 heteroatoms. The quantitative estimate of drug-likeness (QED) is 0.534. The van der Waals surface area contributed by atoms with Crippen LogP contribution in [0.1, 0.15) is 6.42 Å². The van der Waals surface area contributed by atoms with Gasteiger partial charge in [0.1, 0.15) is 5.41 Å². The first-order valence-corrected chi connectivity index (χ1v) is 4.57. The summed E-state index contributed by atoms with van der Waals surface area (Å²) in [7, 11) is 3.48. The summed E-state index contributed by atoms with van der Waals surface area (Å²) in [5.74, 6) is -0.112. The van der Waals surface area contributed by atoms with Crippen molar-refractivity contribution in [2.45, 2.75) is 12.5 Å². The average Bonchev–Trinajstić information content (AvgIpc) is 2.67. The number of ether oxygens (including phenoxy) is 2. The standard InChI is InChI=1S/C9H15NO3/c1-10-4-3-9(8(11)12-2)6-13-5-7(9)10/h7H,3-6H2,1-2H3. The van der Waals surface area contributed by atoms with Gasteiger partial charge in [0.2, 0.25) is 0 Å². The Balaban J connectivity index is 2.25. The van der Waals surface area contributed by atoms with Gasteiger partial charge in [-0.05, 0) is 20.0 Å². The predicted octanol–water partition coefficient (Wildman–Crippen LogP) is -0.120. The molecule has 0 amide bonds. The monoisotopic (exact) mass is 185 g/mol. The molecule has 0 aromatic carbocycles. The minimum Gasteiger partial charge on any atom is -0.468 e. The lowest BCUT2D eigenvalue weighted by atomic mass is 9.83. The Labute approximate surface area is 77.8 Å². The van der Waals surface area contributed by atoms with E-state index in [0.717, 1.165) is 13.0 Å². The Morgan fingerprint density at radius 3 is 3.15 bits per heavy atom. The number of methoxy groups -OCH3 is 1. The SMILES string of the molecule is COC(=O)C12CCN(C)C1COC2. The lowest BCUT2D eigenvalue weighted by Crippen LogP contribution is -2.42. The van der Waals surface area contributed by atoms with Crippen LogP contribution in [-0.4, -0.2) is 50.8 Å². The molecule has 2 atom stereocenters. The number of rotatable bonds is 1. The van der Waals surface area contributed by atoms with E-state index in [0.29, 0.717) is 13.2 Å². The molecule has 0 aromatic heterocycles. The fourth-order valence-electron chi connectivity index (χ4n) is 2.43. The highest BCUT2D eigenvalue weighted by molar-refractivity contribution is 5.78. The van der Waals surface area contributed by atoms with E-state index in [4.69, 9.17) is 9.47 Å². The zero-order chi connectivity index (χ0) is 9.47. The van der Waals surface area contributed by atoms with Crippen molar-refractivity contribution in [1.82, 2.24) is 4.90 Å². The Kier molecular flexibility index (Phi) is 2.04. The molecule has 0 radical (unpaired) electrons. The fraction of sp³-hybridized carbons (Fsp3) is 0.889. The van der Waals surface area contributed by atoms with Crippen molar-refractivity contribution in [3.05, 3.63) is 0 Å². The van der Waals surface area contributed by atoms with Crippen molar-refractivity contribution < 1.29 is 14.3 Å². The van der Waals surface area contributed by atoms with Crippen LogP contribution in [0.3, 0.4) is 0 Å². The van der Waals surface area contributed by atoms with Crippen LogP contribution in [0.5, 0.6) is 0 Å². The number of hydrogen-bond donors (Lipinski definition) is 0. The third kappa shape index (κ3) is 1.09. The number of likely N-dealkylation sites (tertiary alicyclic amines) is 1. The molecular formula is C9H15NO3. The van der Waals surface area contributed by atoms with Gasteiger partial charge >= 0.3 is 5.97 Å². The van der Waals surface area contributed by atoms with Crippen LogP contribution in [0, 0.1) is 5.41 Å². The van der Waals surface area contributed by atoms with Crippen LogP contribution in [0.2, 0.25) is 0 Å². The zero-order valence-corrected chi connectivity index (χ0v) is 8.08. The van der Waals surface area contributed by atoms with Crippen molar-refractivity contribution in [1.29, 1.82) is 0 Å². The maximum atomic E-state index is 11.6. The molecule has 2 aliphatic rings. The number of likely N-dealkylation sites (N-methyl/N-ethyl adjacent to an activating group) is 1. The largest absolute Gasteiger partial charge is 0.468 e. The van der Waals surface area contributed by atoms with Crippen molar-refractivity contribution in [2.24, 2.45) is 5.41 Å². The first-order valence-electron chi connectivity index (χ1n) is 4.57. The van der Waals surface area contributed by atoms with Crippen LogP contribution in [0.4, 0.5) is 0 Å². The minimum absolute atomic E-state index is 0.112. The molecule has 0 bridgehead atoms. The van der Waals surface area contributed by atoms with Crippen molar-refractivity contribution >= 4 is 5.97 Å². The topological polar surface area (TPSA) is 38.8 Å². The Hall–Kier alpha value is -0.610. The molecule has 2 fully saturated rings. The predicted molar refractivity (Wildman–Crippen MR) is 46.3 cm³/mol. The number of nitrogens with zero attached hydrogens (tertiary/aromatic N) is 1. The number of carbonyl (C=O) groups excluding carboxylic acids is 1. The molecule has 0 N–H and O–H groups in total. The average molecular weight is 185 g/mol. The Bertz CT molecular complexity index is 231. The summed E-state index contributed by atoms with van der Waals surface area (Å²) in [5, 5.41) is 0. The number of carbonyl (C=O) groups is 1. The van der Waals surface area contributed by atoms with Gasteiger partial charge in [-0.25, -0.2) is 0 Å². The van der Waals surface area contributed by atoms with E-state index >= 15 is 0 Å². The van der Waals surface area contributed by atoms with Gasteiger partial charge in [0, 0.05) is 0 Å². The van der Waals surface area contributed by atoms with E-state index in [1.807, 2.05) is 7.05 Å². The zero-order valence-electron chi connectivity index (χ0n) is 8.08. The molecule has 74 valence electrons. The van der Waals surface area contributed by atoms with Crippen LogP contribution >= 0.6 is 0 Å². The van der Waals surface area contributed by atoms with Crippen LogP contribution in [-0.2, 0) is 14.3 Å². The van der Waals surface area contributed by atoms with Crippen molar-refractivity contribution in [3.63, 3.8) is 0 Å². The van der Waals surface area contributed by atoms with E-state index in [9.17, 15) is 4.79 Å². The third-order valence-corrected chi connectivity index (χ3v) is 3.31. The van der Waals surface area contributed by atoms with Gasteiger partial charge in [0.05, 0.1) is 26.4 Å². The van der Waals surface area contributed by atoms with E-state index in [-0.39, 0.29) is 17.4 Å². The van der Waals surface area contributed by atoms with E-state index in [1.165, 1.54) is 7.11 Å². The summed E-state index contributed by atoms with van der Waals surface area (Å²) in [6, 6.07) is 0.222. The Morgan fingerprint density at radius 2 is 2.46 bits per heavy atom. The molecule has 2 rings (SSSR count). The highest BCUT2D eigenvalue weighted by Crippen LogP contribution is 2.41. The molecule has 2 heterocycles. The number of hydrogen-bond acceptors (Lipinski definition) is 4. The highest BCUT2D eigenvalue weighted by atomic mass is 16.5. The van der Waals surface area contributed by atoms with Gasteiger partial charge < -0.3 is 9.47 Å². The van der Waals surface area contributed by atoms with Gasteiger partial charge in [-0.3, -0.25) is 9.69 Å². The van der Waals surface area contributed by atoms with Gasteiger partial charge in [0.15, 0.2) is 0 Å². The van der Waals surface area contributed by atoms with E-state index in [2.05, 4.69) is 4.90 Å². The third-order valence-electron chi connectivity index (χ3n) is 3.31. The summed E-state index contributed by atoms with van der Waals surface area (Å²) < 4.78 is 10.2. The maximum absolute atomic E-state index is 11.6. The second-order valence-electron chi connectivity index (χ2n) is 3.91. The summed E-state index contributed by atoms with van der Waals surface area (Å²) in [5.41, 5.74) is -0.372. The van der Waals surface area contributed by atoms with Crippen LogP contribution in [0.15, 0.2) is 0 Å². The van der Waals surface area contributed by atoms with Crippen LogP contribution < -0.4 is 0 Å². The molecule has 2 saturated heterocycles. The summed E-state index contributed by atoms with van der Waals surface area (Å²) in [6.07, 6.45) is 0.862. The van der Waals surface area contributed by atoms with Crippen molar-refractivity contribution in [2.75, 3.05) is 33.9 Å². The normalized spacial score (nSPS) is 39.1. The molecule has 4 nitrogen and oxygen atoms in total. The Morgan fingerprint density at radius 1 is 1.69 bits per heavy atom. The minimum atomic E-state index is -0.372. The van der Waals surface area contributed by atoms with Crippen LogP contribution in [0.25, 0.3) is 0 Å². The molecule has 13 heavy (non-hydrogen) atoms. The molecule has 2 unspecified atom stereocenters. The first-order chi connectivity index (χ1) is 6.20. The van der Waals surface area contributed by atoms with E-state index in [1.54, 1.807) is 0 Å². The summed E-state index contributed by atoms with van der Waals surface area (Å²) in [6.45, 7) is 2.14. The maximum Gasteiger partial charge on any atom is 0.315 e. The molecule has 0 aromatic rings. The smallest absolute Gasteiger partial charge is 0.315 e. The second-order valence-corrected chi connectivity index (χ2v) is 3.91. The molecule has 0 aliphatic carbocycles. The molecular weight excluding hydrogens is 170 g/mol. The second kappa shape index (κ2) is 2.96. The molecule has 0 saturated carbocycles. The number of esters is 1. The molecule has 2 aliphatic heterocycles. The summed E-state index contributed by atoms with van der Waals surface area (Å²) in [4.78, 5) is 13.8. The lowest BCUT2D eigenvalue weighted by molar-refractivity contribution is -0.153. The summed E-state index contributed by atoms with van der Waals surface area (Å²) >= 11 is 0. The van der Waals surface area contributed by atoms with Gasteiger partial charge in [0.25, 0.3) is 0 Å². The number of fused-ring (bicyclic) bond motifs is 1. The molecule has 0 spiro atoms. The highest BCUT2D eigenvalue weighted by Gasteiger charge is 2.56. The fourth-order valence-corrected chi connectivity index (χ4v) is 2.43.